The molecule has 0 aromatic heterocycles. The summed E-state index contributed by atoms with van der Waals surface area (Å²) in [4.78, 5) is 0. The van der Waals surface area contributed by atoms with Gasteiger partial charge in [-0.25, -0.2) is 0 Å². The Labute approximate surface area is 184 Å². The Balaban J connectivity index is 1.18. The van der Waals surface area contributed by atoms with Gasteiger partial charge in [-0.15, -0.1) is 0 Å². The maximum absolute atomic E-state index is 5.85. The molecule has 0 bridgehead atoms. The van der Waals surface area contributed by atoms with Gasteiger partial charge >= 0.3 is 0 Å². The molecule has 0 amide bonds. The minimum absolute atomic E-state index is 0.587. The first-order valence-electron chi connectivity index (χ1n) is 10.6. The first-order chi connectivity index (χ1) is 15.3. The topological polar surface area (TPSA) is 30.5 Å². The molecule has 156 valence electrons. The highest BCUT2D eigenvalue weighted by atomic mass is 16.5. The molecule has 31 heavy (non-hydrogen) atoms. The van der Waals surface area contributed by atoms with Crippen molar-refractivity contribution < 1.29 is 9.47 Å². The van der Waals surface area contributed by atoms with Crippen molar-refractivity contribution in [2.75, 3.05) is 0 Å². The standard InChI is InChI=1S/C28H27NO2/c1-3-7-25(8-4-1)21-30-27-15-11-23(12-16-27)19-29-20-24-13-17-28(18-14-24)31-22-26-9-5-2-6-10-26/h1-18,29H,19-22H2. The molecule has 3 heteroatoms. The third-order valence-electron chi connectivity index (χ3n) is 5.00. The molecule has 0 unspecified atom stereocenters. The van der Waals surface area contributed by atoms with Crippen LogP contribution < -0.4 is 14.8 Å². The van der Waals surface area contributed by atoms with Crippen LogP contribution in [0, 0.1) is 0 Å². The SMILES string of the molecule is c1ccc(COc2ccc(CNCc3ccc(OCc4ccccc4)cc3)cc2)cc1. The minimum atomic E-state index is 0.587. The summed E-state index contributed by atoms with van der Waals surface area (Å²) in [6, 6.07) is 36.9. The number of hydrogen-bond acceptors (Lipinski definition) is 3. The molecule has 0 aliphatic rings. The zero-order chi connectivity index (χ0) is 21.1. The van der Waals surface area contributed by atoms with Gasteiger partial charge in [0.25, 0.3) is 0 Å². The summed E-state index contributed by atoms with van der Waals surface area (Å²) in [5.74, 6) is 1.78. The van der Waals surface area contributed by atoms with Crippen molar-refractivity contribution in [2.45, 2.75) is 26.3 Å². The summed E-state index contributed by atoms with van der Waals surface area (Å²) >= 11 is 0. The van der Waals surface area contributed by atoms with Crippen LogP contribution in [0.1, 0.15) is 22.3 Å². The van der Waals surface area contributed by atoms with Gasteiger partial charge in [0, 0.05) is 13.1 Å². The molecule has 0 aliphatic carbocycles. The van der Waals surface area contributed by atoms with Gasteiger partial charge in [-0.05, 0) is 46.5 Å². The van der Waals surface area contributed by atoms with Gasteiger partial charge in [-0.2, -0.15) is 0 Å². The van der Waals surface area contributed by atoms with E-state index in [4.69, 9.17) is 9.47 Å². The molecule has 0 radical (unpaired) electrons. The Hall–Kier alpha value is -3.56. The normalized spacial score (nSPS) is 10.6. The summed E-state index contributed by atoms with van der Waals surface area (Å²) in [7, 11) is 0. The van der Waals surface area contributed by atoms with Gasteiger partial charge in [-0.1, -0.05) is 84.9 Å². The number of nitrogens with one attached hydrogen (secondary N) is 1. The predicted octanol–water partition coefficient (Wildman–Crippen LogP) is 6.13. The first-order valence-corrected chi connectivity index (χ1v) is 10.6. The molecule has 1 N–H and O–H groups in total. The molecule has 0 aliphatic heterocycles. The Kier molecular flexibility index (Phi) is 7.35. The molecule has 0 spiro atoms. The summed E-state index contributed by atoms with van der Waals surface area (Å²) < 4.78 is 11.7. The number of ether oxygens (including phenoxy) is 2. The average Bonchev–Trinajstić information content (AvgIpc) is 2.84. The van der Waals surface area contributed by atoms with Crippen molar-refractivity contribution in [3.8, 4) is 11.5 Å². The average molecular weight is 410 g/mol. The summed E-state index contributed by atoms with van der Waals surface area (Å²) in [5.41, 5.74) is 4.80. The molecule has 4 aromatic carbocycles. The molecule has 0 saturated heterocycles. The van der Waals surface area contributed by atoms with E-state index in [1.807, 2.05) is 60.7 Å². The fourth-order valence-corrected chi connectivity index (χ4v) is 3.24. The zero-order valence-corrected chi connectivity index (χ0v) is 17.5. The molecule has 4 rings (SSSR count). The maximum Gasteiger partial charge on any atom is 0.119 e. The van der Waals surface area contributed by atoms with E-state index in [2.05, 4.69) is 53.8 Å². The fourth-order valence-electron chi connectivity index (χ4n) is 3.24. The molecule has 4 aromatic rings. The lowest BCUT2D eigenvalue weighted by molar-refractivity contribution is 0.306. The Bertz CT molecular complexity index is 943. The smallest absolute Gasteiger partial charge is 0.119 e. The molecule has 0 heterocycles. The zero-order valence-electron chi connectivity index (χ0n) is 17.5. The lowest BCUT2D eigenvalue weighted by atomic mass is 10.2. The summed E-state index contributed by atoms with van der Waals surface area (Å²) in [6.45, 7) is 2.80. The molecular weight excluding hydrogens is 382 g/mol. The number of benzene rings is 4. The van der Waals surface area contributed by atoms with Crippen molar-refractivity contribution in [1.82, 2.24) is 5.32 Å². The second kappa shape index (κ2) is 11.0. The third kappa shape index (κ3) is 6.73. The first kappa shape index (κ1) is 20.7. The van der Waals surface area contributed by atoms with Gasteiger partial charge in [0.1, 0.15) is 24.7 Å². The minimum Gasteiger partial charge on any atom is -0.489 e. The second-order valence-corrected chi connectivity index (χ2v) is 7.44. The highest BCUT2D eigenvalue weighted by molar-refractivity contribution is 5.29. The van der Waals surface area contributed by atoms with Gasteiger partial charge in [-0.3, -0.25) is 0 Å². The molecular formula is C28H27NO2. The van der Waals surface area contributed by atoms with Crippen LogP contribution in [0.5, 0.6) is 11.5 Å². The van der Waals surface area contributed by atoms with Crippen LogP contribution in [-0.2, 0) is 26.3 Å². The van der Waals surface area contributed by atoms with Crippen LogP contribution in [0.4, 0.5) is 0 Å². The number of rotatable bonds is 10. The lowest BCUT2D eigenvalue weighted by Crippen LogP contribution is -2.12. The number of hydrogen-bond donors (Lipinski definition) is 1. The Morgan fingerprint density at radius 2 is 0.806 bits per heavy atom. The van der Waals surface area contributed by atoms with Crippen LogP contribution in [0.25, 0.3) is 0 Å². The van der Waals surface area contributed by atoms with Crippen LogP contribution in [-0.4, -0.2) is 0 Å². The van der Waals surface area contributed by atoms with Crippen LogP contribution in [0.2, 0.25) is 0 Å². The second-order valence-electron chi connectivity index (χ2n) is 7.44. The maximum atomic E-state index is 5.85. The molecule has 0 saturated carbocycles. The van der Waals surface area contributed by atoms with Crippen molar-refractivity contribution in [3.63, 3.8) is 0 Å². The highest BCUT2D eigenvalue weighted by Gasteiger charge is 2.00. The lowest BCUT2D eigenvalue weighted by Gasteiger charge is -2.09. The Morgan fingerprint density at radius 1 is 0.419 bits per heavy atom. The van der Waals surface area contributed by atoms with E-state index in [1.165, 1.54) is 22.3 Å². The van der Waals surface area contributed by atoms with Crippen LogP contribution in [0.15, 0.2) is 109 Å². The van der Waals surface area contributed by atoms with Gasteiger partial charge < -0.3 is 14.8 Å². The van der Waals surface area contributed by atoms with Gasteiger partial charge in [0.05, 0.1) is 0 Å². The van der Waals surface area contributed by atoms with E-state index in [0.29, 0.717) is 13.2 Å². The Morgan fingerprint density at radius 3 is 1.19 bits per heavy atom. The third-order valence-corrected chi connectivity index (χ3v) is 5.00. The van der Waals surface area contributed by atoms with Gasteiger partial charge in [0.15, 0.2) is 0 Å². The fraction of sp³-hybridized carbons (Fsp3) is 0.143. The van der Waals surface area contributed by atoms with Crippen molar-refractivity contribution >= 4 is 0 Å². The van der Waals surface area contributed by atoms with Crippen molar-refractivity contribution in [3.05, 3.63) is 131 Å². The monoisotopic (exact) mass is 409 g/mol. The van der Waals surface area contributed by atoms with Crippen LogP contribution >= 0.6 is 0 Å². The molecule has 0 fully saturated rings. The summed E-state index contributed by atoms with van der Waals surface area (Å²) in [5, 5.41) is 3.49. The van der Waals surface area contributed by atoms with Crippen LogP contribution in [0.3, 0.4) is 0 Å². The van der Waals surface area contributed by atoms with Gasteiger partial charge in [0.2, 0.25) is 0 Å². The van der Waals surface area contributed by atoms with Crippen molar-refractivity contribution in [2.24, 2.45) is 0 Å². The molecule has 3 nitrogen and oxygen atoms in total. The summed E-state index contributed by atoms with van der Waals surface area (Å²) in [6.07, 6.45) is 0. The predicted molar refractivity (Wildman–Crippen MR) is 125 cm³/mol. The van der Waals surface area contributed by atoms with E-state index < -0.39 is 0 Å². The van der Waals surface area contributed by atoms with Crippen molar-refractivity contribution in [1.29, 1.82) is 0 Å². The van der Waals surface area contributed by atoms with E-state index in [0.717, 1.165) is 24.6 Å². The van der Waals surface area contributed by atoms with E-state index in [-0.39, 0.29) is 0 Å². The highest BCUT2D eigenvalue weighted by Crippen LogP contribution is 2.16. The molecule has 0 atom stereocenters. The van der Waals surface area contributed by atoms with E-state index in [1.54, 1.807) is 0 Å². The van der Waals surface area contributed by atoms with E-state index >= 15 is 0 Å². The van der Waals surface area contributed by atoms with E-state index in [9.17, 15) is 0 Å². The quantitative estimate of drug-likeness (QED) is 0.341. The largest absolute Gasteiger partial charge is 0.489 e.